The van der Waals surface area contributed by atoms with E-state index in [0.717, 1.165) is 23.1 Å². The Morgan fingerprint density at radius 1 is 1.43 bits per heavy atom. The Hall–Kier alpha value is -0.540. The van der Waals surface area contributed by atoms with Crippen LogP contribution in [0.2, 0.25) is 0 Å². The third kappa shape index (κ3) is 2.10. The highest BCUT2D eigenvalue weighted by Crippen LogP contribution is 2.28. The highest BCUT2D eigenvalue weighted by atomic mass is 79.9. The third-order valence-electron chi connectivity index (χ3n) is 2.50. The molecule has 2 nitrogen and oxygen atoms in total. The van der Waals surface area contributed by atoms with Crippen LogP contribution in [0, 0.1) is 6.92 Å². The molecule has 1 saturated carbocycles. The molecule has 2 rings (SSSR count). The number of halogens is 1. The molecule has 1 fully saturated rings. The number of benzene rings is 1. The monoisotopic (exact) mass is 256 g/mol. The van der Waals surface area contributed by atoms with Crippen LogP contribution in [0.5, 0.6) is 5.75 Å². The number of aryl methyl sites for hydroxylation is 1. The van der Waals surface area contributed by atoms with Crippen LogP contribution in [0.15, 0.2) is 22.7 Å². The lowest BCUT2D eigenvalue weighted by Gasteiger charge is -2.31. The van der Waals surface area contributed by atoms with E-state index in [1.165, 1.54) is 5.56 Å². The number of hydrogen-bond acceptors (Lipinski definition) is 2. The van der Waals surface area contributed by atoms with Crippen molar-refractivity contribution in [3.05, 3.63) is 28.2 Å². The van der Waals surface area contributed by atoms with Crippen LogP contribution in [0.1, 0.15) is 18.4 Å². The Bertz CT molecular complexity index is 332. The lowest BCUT2D eigenvalue weighted by Crippen LogP contribution is -2.37. The Morgan fingerprint density at radius 2 is 2.14 bits per heavy atom. The summed E-state index contributed by atoms with van der Waals surface area (Å²) >= 11 is 3.44. The van der Waals surface area contributed by atoms with Crippen LogP contribution in [0.25, 0.3) is 0 Å². The number of ether oxygens (including phenoxy) is 1. The van der Waals surface area contributed by atoms with Gasteiger partial charge in [0.05, 0.1) is 6.10 Å². The molecule has 0 aliphatic heterocycles. The maximum absolute atomic E-state index is 9.11. The van der Waals surface area contributed by atoms with Gasteiger partial charge in [0.1, 0.15) is 11.9 Å². The van der Waals surface area contributed by atoms with E-state index in [-0.39, 0.29) is 12.2 Å². The summed E-state index contributed by atoms with van der Waals surface area (Å²) in [5, 5.41) is 9.11. The number of rotatable bonds is 2. The summed E-state index contributed by atoms with van der Waals surface area (Å²) in [5.41, 5.74) is 1.17. The zero-order valence-corrected chi connectivity index (χ0v) is 9.62. The van der Waals surface area contributed by atoms with Crippen LogP contribution in [-0.2, 0) is 0 Å². The first kappa shape index (κ1) is 9.99. The van der Waals surface area contributed by atoms with E-state index < -0.39 is 0 Å². The highest BCUT2D eigenvalue weighted by Gasteiger charge is 2.28. The molecule has 1 N–H and O–H groups in total. The molecule has 0 radical (unpaired) electrons. The largest absolute Gasteiger partial charge is 0.490 e. The second kappa shape index (κ2) is 3.91. The molecule has 0 saturated heterocycles. The number of aliphatic hydroxyl groups excluding tert-OH is 1. The number of aliphatic hydroxyl groups is 1. The molecule has 0 amide bonds. The van der Waals surface area contributed by atoms with Crippen LogP contribution in [0.3, 0.4) is 0 Å². The summed E-state index contributed by atoms with van der Waals surface area (Å²) in [4.78, 5) is 0. The molecule has 1 aliphatic rings. The van der Waals surface area contributed by atoms with Crippen molar-refractivity contribution in [2.75, 3.05) is 0 Å². The first-order valence-electron chi connectivity index (χ1n) is 4.76. The highest BCUT2D eigenvalue weighted by molar-refractivity contribution is 9.10. The van der Waals surface area contributed by atoms with Gasteiger partial charge in [0, 0.05) is 17.3 Å². The minimum atomic E-state index is -0.156. The first-order valence-corrected chi connectivity index (χ1v) is 5.55. The zero-order valence-electron chi connectivity index (χ0n) is 8.03. The SMILES string of the molecule is Cc1cc(OC2CC(O)C2)ccc1Br. The van der Waals surface area contributed by atoms with Crippen LogP contribution < -0.4 is 4.74 Å². The Balaban J connectivity index is 2.00. The van der Waals surface area contributed by atoms with E-state index in [9.17, 15) is 0 Å². The average molecular weight is 257 g/mol. The van der Waals surface area contributed by atoms with Gasteiger partial charge in [-0.25, -0.2) is 0 Å². The normalized spacial score (nSPS) is 25.6. The van der Waals surface area contributed by atoms with Gasteiger partial charge < -0.3 is 9.84 Å². The smallest absolute Gasteiger partial charge is 0.120 e. The predicted molar refractivity (Wildman–Crippen MR) is 58.5 cm³/mol. The van der Waals surface area contributed by atoms with E-state index in [2.05, 4.69) is 15.9 Å². The standard InChI is InChI=1S/C11H13BrO2/c1-7-4-9(2-3-11(7)12)14-10-5-8(13)6-10/h2-4,8,10,13H,5-6H2,1H3. The first-order chi connectivity index (χ1) is 6.65. The average Bonchev–Trinajstić information content (AvgIpc) is 2.09. The summed E-state index contributed by atoms with van der Waals surface area (Å²) in [7, 11) is 0. The quantitative estimate of drug-likeness (QED) is 0.882. The maximum Gasteiger partial charge on any atom is 0.120 e. The molecular formula is C11H13BrO2. The lowest BCUT2D eigenvalue weighted by atomic mass is 9.92. The summed E-state index contributed by atoms with van der Waals surface area (Å²) in [6.45, 7) is 2.03. The van der Waals surface area contributed by atoms with Gasteiger partial charge >= 0.3 is 0 Å². The summed E-state index contributed by atoms with van der Waals surface area (Å²) in [6, 6.07) is 5.94. The van der Waals surface area contributed by atoms with Crippen LogP contribution >= 0.6 is 15.9 Å². The fraction of sp³-hybridized carbons (Fsp3) is 0.455. The van der Waals surface area contributed by atoms with Crippen molar-refractivity contribution < 1.29 is 9.84 Å². The van der Waals surface area contributed by atoms with Crippen molar-refractivity contribution in [3.8, 4) is 5.75 Å². The second-order valence-corrected chi connectivity index (χ2v) is 4.63. The van der Waals surface area contributed by atoms with Crippen molar-refractivity contribution in [3.63, 3.8) is 0 Å². The molecule has 0 heterocycles. The minimum Gasteiger partial charge on any atom is -0.490 e. The lowest BCUT2D eigenvalue weighted by molar-refractivity contribution is -0.0108. The second-order valence-electron chi connectivity index (χ2n) is 3.78. The van der Waals surface area contributed by atoms with Gasteiger partial charge in [0.2, 0.25) is 0 Å². The van der Waals surface area contributed by atoms with Crippen LogP contribution in [-0.4, -0.2) is 17.3 Å². The van der Waals surface area contributed by atoms with Crippen LogP contribution in [0.4, 0.5) is 0 Å². The molecule has 1 aromatic rings. The van der Waals surface area contributed by atoms with Crippen molar-refractivity contribution >= 4 is 15.9 Å². The minimum absolute atomic E-state index is 0.156. The molecule has 0 unspecified atom stereocenters. The molecule has 14 heavy (non-hydrogen) atoms. The van der Waals surface area contributed by atoms with E-state index in [0.29, 0.717) is 0 Å². The molecule has 0 spiro atoms. The van der Waals surface area contributed by atoms with Crippen molar-refractivity contribution in [1.29, 1.82) is 0 Å². The molecule has 0 aromatic heterocycles. The topological polar surface area (TPSA) is 29.5 Å². The van der Waals surface area contributed by atoms with Crippen molar-refractivity contribution in [2.45, 2.75) is 32.0 Å². The van der Waals surface area contributed by atoms with Gasteiger partial charge in [-0.3, -0.25) is 0 Å². The van der Waals surface area contributed by atoms with E-state index in [1.807, 2.05) is 25.1 Å². The zero-order chi connectivity index (χ0) is 10.1. The predicted octanol–water partition coefficient (Wildman–Crippen LogP) is 2.66. The van der Waals surface area contributed by atoms with Gasteiger partial charge in [-0.2, -0.15) is 0 Å². The molecule has 0 bridgehead atoms. The van der Waals surface area contributed by atoms with Gasteiger partial charge in [0.25, 0.3) is 0 Å². The summed E-state index contributed by atoms with van der Waals surface area (Å²) in [6.07, 6.45) is 1.56. The summed E-state index contributed by atoms with van der Waals surface area (Å²) in [5.74, 6) is 0.891. The molecule has 1 aliphatic carbocycles. The van der Waals surface area contributed by atoms with Gasteiger partial charge in [-0.05, 0) is 30.7 Å². The molecule has 0 atom stereocenters. The fourth-order valence-corrected chi connectivity index (χ4v) is 1.76. The molecule has 76 valence electrons. The summed E-state index contributed by atoms with van der Waals surface area (Å²) < 4.78 is 6.77. The van der Waals surface area contributed by atoms with E-state index in [1.54, 1.807) is 0 Å². The Kier molecular flexibility index (Phi) is 2.79. The van der Waals surface area contributed by atoms with Gasteiger partial charge in [-0.1, -0.05) is 15.9 Å². The van der Waals surface area contributed by atoms with Crippen molar-refractivity contribution in [2.24, 2.45) is 0 Å². The Morgan fingerprint density at radius 3 is 2.71 bits per heavy atom. The maximum atomic E-state index is 9.11. The van der Waals surface area contributed by atoms with Crippen molar-refractivity contribution in [1.82, 2.24) is 0 Å². The van der Waals surface area contributed by atoms with Gasteiger partial charge in [-0.15, -0.1) is 0 Å². The van der Waals surface area contributed by atoms with E-state index in [4.69, 9.17) is 9.84 Å². The Labute approximate surface area is 92.0 Å². The van der Waals surface area contributed by atoms with E-state index >= 15 is 0 Å². The molecule has 3 heteroatoms. The fourth-order valence-electron chi connectivity index (χ4n) is 1.52. The van der Waals surface area contributed by atoms with Gasteiger partial charge in [0.15, 0.2) is 0 Å². The molecule has 1 aromatic carbocycles. The number of hydrogen-bond donors (Lipinski definition) is 1. The molecular weight excluding hydrogens is 244 g/mol. The third-order valence-corrected chi connectivity index (χ3v) is 3.39.